The molecule has 2 aromatic heterocycles. The average Bonchev–Trinajstić information content (AvgIpc) is 3.37. The van der Waals surface area contributed by atoms with Crippen molar-refractivity contribution in [2.24, 2.45) is 0 Å². The van der Waals surface area contributed by atoms with Gasteiger partial charge in [0.25, 0.3) is 10.0 Å². The number of fused-ring (bicyclic) bond motifs is 2. The highest BCUT2D eigenvalue weighted by molar-refractivity contribution is 7.92. The number of oxazole rings is 1. The molecular weight excluding hydrogens is 422 g/mol. The van der Waals surface area contributed by atoms with Crippen LogP contribution in [-0.4, -0.2) is 26.6 Å². The van der Waals surface area contributed by atoms with Crippen molar-refractivity contribution < 1.29 is 17.6 Å². The largest absolute Gasteiger partial charge is 0.489 e. The second-order valence-corrected chi connectivity index (χ2v) is 9.69. The highest BCUT2D eigenvalue weighted by atomic mass is 32.2. The molecule has 0 aliphatic carbocycles. The number of aryl methyl sites for hydroxylation is 1. The van der Waals surface area contributed by atoms with Crippen LogP contribution in [0.2, 0.25) is 0 Å². The molecule has 0 unspecified atom stereocenters. The van der Waals surface area contributed by atoms with Crippen molar-refractivity contribution >= 4 is 38.1 Å². The zero-order valence-corrected chi connectivity index (χ0v) is 17.5. The molecule has 0 fully saturated rings. The molecule has 0 amide bonds. The van der Waals surface area contributed by atoms with Crippen LogP contribution in [0.4, 0.5) is 5.69 Å². The van der Waals surface area contributed by atoms with E-state index in [4.69, 9.17) is 14.4 Å². The van der Waals surface area contributed by atoms with Crippen LogP contribution in [0.1, 0.15) is 10.8 Å². The molecule has 7 nitrogen and oxygen atoms in total. The van der Waals surface area contributed by atoms with Crippen molar-refractivity contribution in [3.05, 3.63) is 59.3 Å². The minimum atomic E-state index is -3.84. The van der Waals surface area contributed by atoms with E-state index in [0.29, 0.717) is 33.3 Å². The first-order valence-electron chi connectivity index (χ1n) is 9.13. The molecule has 0 bridgehead atoms. The summed E-state index contributed by atoms with van der Waals surface area (Å²) in [6, 6.07) is 15.8. The molecular formula is C21H15N3O4S2. The van der Waals surface area contributed by atoms with E-state index in [1.54, 1.807) is 31.2 Å². The lowest BCUT2D eigenvalue weighted by Crippen LogP contribution is -2.37. The molecule has 9 heteroatoms. The number of rotatable bonds is 3. The fourth-order valence-corrected chi connectivity index (χ4v) is 5.72. The van der Waals surface area contributed by atoms with Crippen LogP contribution in [0.5, 0.6) is 5.75 Å². The monoisotopic (exact) mass is 437 g/mol. The Balaban J connectivity index is 1.60. The van der Waals surface area contributed by atoms with Crippen molar-refractivity contribution in [1.29, 1.82) is 5.26 Å². The third-order valence-electron chi connectivity index (χ3n) is 4.84. The molecule has 1 aliphatic rings. The number of sulfonamides is 1. The van der Waals surface area contributed by atoms with Gasteiger partial charge in [0.2, 0.25) is 0 Å². The van der Waals surface area contributed by atoms with Gasteiger partial charge in [0.1, 0.15) is 28.8 Å². The lowest BCUT2D eigenvalue weighted by atomic mass is 10.1. The van der Waals surface area contributed by atoms with Crippen LogP contribution in [0.15, 0.2) is 57.8 Å². The third-order valence-corrected chi connectivity index (χ3v) is 7.68. The van der Waals surface area contributed by atoms with Gasteiger partial charge < -0.3 is 9.15 Å². The van der Waals surface area contributed by atoms with E-state index in [1.807, 2.05) is 12.1 Å². The van der Waals surface area contributed by atoms with Crippen LogP contribution in [0.25, 0.3) is 21.5 Å². The number of aromatic nitrogens is 1. The van der Waals surface area contributed by atoms with E-state index in [2.05, 4.69) is 11.1 Å². The van der Waals surface area contributed by atoms with Crippen LogP contribution < -0.4 is 9.04 Å². The van der Waals surface area contributed by atoms with Gasteiger partial charge in [0, 0.05) is 17.9 Å². The maximum absolute atomic E-state index is 13.5. The number of thiophene rings is 1. The Kier molecular flexibility index (Phi) is 4.27. The van der Waals surface area contributed by atoms with Crippen molar-refractivity contribution in [2.75, 3.05) is 17.5 Å². The molecule has 0 saturated carbocycles. The molecule has 0 N–H and O–H groups in total. The Hall–Kier alpha value is -3.35. The van der Waals surface area contributed by atoms with Gasteiger partial charge in [-0.05, 0) is 48.0 Å². The number of hydrogen-bond acceptors (Lipinski definition) is 7. The fraction of sp³-hybridized carbons (Fsp3) is 0.143. The molecule has 0 saturated heterocycles. The zero-order valence-electron chi connectivity index (χ0n) is 15.8. The first kappa shape index (κ1) is 18.7. The summed E-state index contributed by atoms with van der Waals surface area (Å²) in [7, 11) is -3.84. The SMILES string of the molecule is Cc1nc2ccc(S(=O)(=O)N3CCOc4ccc(-c5ccc(C#N)s5)cc43)cc2o1. The molecule has 3 heterocycles. The summed E-state index contributed by atoms with van der Waals surface area (Å²) < 4.78 is 39.5. The molecule has 0 radical (unpaired) electrons. The summed E-state index contributed by atoms with van der Waals surface area (Å²) in [6.07, 6.45) is 0. The molecule has 2 aromatic carbocycles. The maximum Gasteiger partial charge on any atom is 0.264 e. The van der Waals surface area contributed by atoms with Crippen LogP contribution in [0, 0.1) is 18.3 Å². The molecule has 4 aromatic rings. The second kappa shape index (κ2) is 6.86. The fourth-order valence-electron chi connectivity index (χ4n) is 3.46. The number of anilines is 1. The van der Waals surface area contributed by atoms with E-state index in [0.717, 1.165) is 10.4 Å². The second-order valence-electron chi connectivity index (χ2n) is 6.75. The molecule has 150 valence electrons. The third kappa shape index (κ3) is 3.01. The highest BCUT2D eigenvalue weighted by Gasteiger charge is 2.31. The Morgan fingerprint density at radius 3 is 2.83 bits per heavy atom. The van der Waals surface area contributed by atoms with Crippen molar-refractivity contribution in [3.8, 4) is 22.3 Å². The molecule has 30 heavy (non-hydrogen) atoms. The summed E-state index contributed by atoms with van der Waals surface area (Å²) in [6.45, 7) is 2.17. The normalized spacial score (nSPS) is 13.7. The van der Waals surface area contributed by atoms with Gasteiger partial charge in [-0.25, -0.2) is 13.4 Å². The van der Waals surface area contributed by atoms with E-state index < -0.39 is 10.0 Å². The summed E-state index contributed by atoms with van der Waals surface area (Å²) in [5, 5.41) is 9.08. The molecule has 0 spiro atoms. The lowest BCUT2D eigenvalue weighted by Gasteiger charge is -2.30. The maximum atomic E-state index is 13.5. The number of nitrogens with zero attached hydrogens (tertiary/aromatic N) is 3. The molecule has 5 rings (SSSR count). The predicted octanol–water partition coefficient (Wildman–Crippen LogP) is 4.32. The van der Waals surface area contributed by atoms with Gasteiger partial charge in [0.05, 0.1) is 17.1 Å². The summed E-state index contributed by atoms with van der Waals surface area (Å²) in [5.74, 6) is 0.982. The Bertz CT molecular complexity index is 1430. The zero-order chi connectivity index (χ0) is 20.9. The first-order valence-corrected chi connectivity index (χ1v) is 11.4. The van der Waals surface area contributed by atoms with Gasteiger partial charge in [0.15, 0.2) is 11.5 Å². The van der Waals surface area contributed by atoms with Crippen molar-refractivity contribution in [3.63, 3.8) is 0 Å². The van der Waals surface area contributed by atoms with Gasteiger partial charge in [-0.3, -0.25) is 4.31 Å². The predicted molar refractivity (Wildman–Crippen MR) is 113 cm³/mol. The Morgan fingerprint density at radius 2 is 2.03 bits per heavy atom. The quantitative estimate of drug-likeness (QED) is 0.473. The minimum Gasteiger partial charge on any atom is -0.489 e. The average molecular weight is 438 g/mol. The van der Waals surface area contributed by atoms with Crippen molar-refractivity contribution in [2.45, 2.75) is 11.8 Å². The topological polar surface area (TPSA) is 96.4 Å². The highest BCUT2D eigenvalue weighted by Crippen LogP contribution is 2.40. The lowest BCUT2D eigenvalue weighted by molar-refractivity contribution is 0.316. The Morgan fingerprint density at radius 1 is 1.17 bits per heavy atom. The van der Waals surface area contributed by atoms with Crippen LogP contribution >= 0.6 is 11.3 Å². The summed E-state index contributed by atoms with van der Waals surface area (Å²) in [4.78, 5) is 5.84. The standard InChI is InChI=1S/C21H15N3O4S2/c1-13-23-17-5-4-16(11-20(17)28-13)30(25,26)24-8-9-27-19-6-2-14(10-18(19)24)21-7-3-15(12-22)29-21/h2-7,10-11H,8-9H2,1H3. The number of hydrogen-bond donors (Lipinski definition) is 0. The summed E-state index contributed by atoms with van der Waals surface area (Å²) in [5.41, 5.74) is 2.34. The van der Waals surface area contributed by atoms with E-state index >= 15 is 0 Å². The molecule has 0 atom stereocenters. The number of benzene rings is 2. The first-order chi connectivity index (χ1) is 14.5. The van der Waals surface area contributed by atoms with Gasteiger partial charge in [-0.2, -0.15) is 5.26 Å². The number of ether oxygens (including phenoxy) is 1. The van der Waals surface area contributed by atoms with Gasteiger partial charge in [-0.1, -0.05) is 0 Å². The summed E-state index contributed by atoms with van der Waals surface area (Å²) >= 11 is 1.36. The number of nitriles is 1. The van der Waals surface area contributed by atoms with Crippen LogP contribution in [-0.2, 0) is 10.0 Å². The van der Waals surface area contributed by atoms with Crippen LogP contribution in [0.3, 0.4) is 0 Å². The van der Waals surface area contributed by atoms with E-state index in [1.165, 1.54) is 27.8 Å². The Labute approximate surface area is 176 Å². The smallest absolute Gasteiger partial charge is 0.264 e. The van der Waals surface area contributed by atoms with E-state index in [-0.39, 0.29) is 18.0 Å². The van der Waals surface area contributed by atoms with Gasteiger partial charge >= 0.3 is 0 Å². The van der Waals surface area contributed by atoms with E-state index in [9.17, 15) is 8.42 Å². The molecule has 1 aliphatic heterocycles. The minimum absolute atomic E-state index is 0.132. The van der Waals surface area contributed by atoms with Gasteiger partial charge in [-0.15, -0.1) is 11.3 Å². The van der Waals surface area contributed by atoms with Crippen molar-refractivity contribution in [1.82, 2.24) is 4.98 Å².